The number of halogens is 2. The lowest BCUT2D eigenvalue weighted by Gasteiger charge is -2.32. The van der Waals surface area contributed by atoms with Gasteiger partial charge in [-0.2, -0.15) is 0 Å². The maximum Gasteiger partial charge on any atom is 0.244 e. The normalized spacial score (nSPS) is 12.2. The van der Waals surface area contributed by atoms with E-state index in [1.165, 1.54) is 4.90 Å². The molecule has 34 heavy (non-hydrogen) atoms. The summed E-state index contributed by atoms with van der Waals surface area (Å²) in [5, 5.41) is 3.52. The first-order valence-corrected chi connectivity index (χ1v) is 13.6. The molecule has 2 amide bonds. The molecule has 0 saturated heterocycles. The lowest BCUT2D eigenvalue weighted by Crippen LogP contribution is -2.51. The molecule has 186 valence electrons. The highest BCUT2D eigenvalue weighted by atomic mass is 35.5. The first kappa shape index (κ1) is 28.0. The Morgan fingerprint density at radius 2 is 1.71 bits per heavy atom. The summed E-state index contributed by atoms with van der Waals surface area (Å²) in [6, 6.07) is 11.0. The van der Waals surface area contributed by atoms with Gasteiger partial charge in [0.2, 0.25) is 21.8 Å². The quantitative estimate of drug-likeness (QED) is 0.438. The molecule has 0 bridgehead atoms. The number of hydrogen-bond donors (Lipinski definition) is 1. The fraction of sp³-hybridized carbons (Fsp3) is 0.417. The van der Waals surface area contributed by atoms with Crippen molar-refractivity contribution in [3.05, 3.63) is 63.6 Å². The average Bonchev–Trinajstić information content (AvgIpc) is 2.76. The van der Waals surface area contributed by atoms with Gasteiger partial charge in [-0.1, -0.05) is 54.7 Å². The van der Waals surface area contributed by atoms with E-state index in [9.17, 15) is 18.0 Å². The predicted octanol–water partition coefficient (Wildman–Crippen LogP) is 4.40. The van der Waals surface area contributed by atoms with Crippen molar-refractivity contribution in [1.82, 2.24) is 10.2 Å². The monoisotopic (exact) mass is 527 g/mol. The van der Waals surface area contributed by atoms with Crippen molar-refractivity contribution in [1.29, 1.82) is 0 Å². The van der Waals surface area contributed by atoms with Crippen LogP contribution >= 0.6 is 23.2 Å². The van der Waals surface area contributed by atoms with Gasteiger partial charge in [0, 0.05) is 28.7 Å². The van der Waals surface area contributed by atoms with E-state index in [2.05, 4.69) is 5.32 Å². The molecule has 0 aliphatic heterocycles. The summed E-state index contributed by atoms with van der Waals surface area (Å²) < 4.78 is 26.2. The highest BCUT2D eigenvalue weighted by Crippen LogP contribution is 2.27. The van der Waals surface area contributed by atoms with Crippen LogP contribution in [0.2, 0.25) is 10.0 Å². The van der Waals surface area contributed by atoms with Gasteiger partial charge in [0.05, 0.1) is 11.9 Å². The maximum atomic E-state index is 13.5. The van der Waals surface area contributed by atoms with E-state index in [1.54, 1.807) is 43.3 Å². The molecule has 1 unspecified atom stereocenters. The van der Waals surface area contributed by atoms with Crippen molar-refractivity contribution in [2.24, 2.45) is 0 Å². The Morgan fingerprint density at radius 3 is 2.26 bits per heavy atom. The molecule has 7 nitrogen and oxygen atoms in total. The lowest BCUT2D eigenvalue weighted by atomic mass is 10.1. The first-order chi connectivity index (χ1) is 16.0. The molecule has 1 N–H and O–H groups in total. The summed E-state index contributed by atoms with van der Waals surface area (Å²) in [4.78, 5) is 27.6. The fourth-order valence-electron chi connectivity index (χ4n) is 3.37. The van der Waals surface area contributed by atoms with Gasteiger partial charge in [0.1, 0.15) is 12.6 Å². The van der Waals surface area contributed by atoms with Crippen LogP contribution in [0.5, 0.6) is 0 Å². The van der Waals surface area contributed by atoms with Gasteiger partial charge in [0.25, 0.3) is 0 Å². The molecule has 0 fully saturated rings. The standard InChI is InChI=1S/C24H31Cl2N3O4S/c1-5-6-13-27-24(31)18(3)28(15-20-21(25)11-8-12-22(20)26)23(30)16-29(34(4,32)33)19-10-7-9-17(2)14-19/h7-12,14,18H,5-6,13,15-16H2,1-4H3,(H,27,31). The minimum Gasteiger partial charge on any atom is -0.354 e. The van der Waals surface area contributed by atoms with Crippen LogP contribution in [0.25, 0.3) is 0 Å². The number of nitrogens with zero attached hydrogens (tertiary/aromatic N) is 2. The zero-order valence-corrected chi connectivity index (χ0v) is 22.2. The summed E-state index contributed by atoms with van der Waals surface area (Å²) in [5.41, 5.74) is 1.70. The van der Waals surface area contributed by atoms with Crippen LogP contribution in [-0.4, -0.2) is 50.5 Å². The molecule has 0 saturated carbocycles. The van der Waals surface area contributed by atoms with Crippen molar-refractivity contribution >= 4 is 50.7 Å². The van der Waals surface area contributed by atoms with Crippen molar-refractivity contribution in [2.75, 3.05) is 23.7 Å². The number of carbonyl (C=O) groups excluding carboxylic acids is 2. The second-order valence-corrected chi connectivity index (χ2v) is 10.9. The summed E-state index contributed by atoms with van der Waals surface area (Å²) in [6.07, 6.45) is 2.75. The predicted molar refractivity (Wildman–Crippen MR) is 138 cm³/mol. The third-order valence-corrected chi connectivity index (χ3v) is 7.20. The Balaban J connectivity index is 2.41. The highest BCUT2D eigenvalue weighted by Gasteiger charge is 2.30. The molecule has 2 aromatic carbocycles. The maximum absolute atomic E-state index is 13.5. The molecular weight excluding hydrogens is 497 g/mol. The number of rotatable bonds is 11. The molecule has 0 spiro atoms. The third kappa shape index (κ3) is 7.61. The summed E-state index contributed by atoms with van der Waals surface area (Å²) >= 11 is 12.7. The van der Waals surface area contributed by atoms with Crippen molar-refractivity contribution < 1.29 is 18.0 Å². The van der Waals surface area contributed by atoms with Crippen LogP contribution in [0.3, 0.4) is 0 Å². The average molecular weight is 529 g/mol. The molecular formula is C24H31Cl2N3O4S. The van der Waals surface area contributed by atoms with Crippen LogP contribution in [0.15, 0.2) is 42.5 Å². The van der Waals surface area contributed by atoms with E-state index in [1.807, 2.05) is 19.9 Å². The number of aryl methyl sites for hydroxylation is 1. The van der Waals surface area contributed by atoms with E-state index in [-0.39, 0.29) is 12.5 Å². The number of hydrogen-bond acceptors (Lipinski definition) is 4. The summed E-state index contributed by atoms with van der Waals surface area (Å²) in [7, 11) is -3.78. The molecule has 2 aromatic rings. The second kappa shape index (κ2) is 12.4. The van der Waals surface area contributed by atoms with Crippen LogP contribution in [-0.2, 0) is 26.2 Å². The topological polar surface area (TPSA) is 86.8 Å². The summed E-state index contributed by atoms with van der Waals surface area (Å²) in [6.45, 7) is 5.40. The zero-order chi connectivity index (χ0) is 25.5. The SMILES string of the molecule is CCCCNC(=O)C(C)N(Cc1c(Cl)cccc1Cl)C(=O)CN(c1cccc(C)c1)S(C)(=O)=O. The van der Waals surface area contributed by atoms with Crippen molar-refractivity contribution in [3.63, 3.8) is 0 Å². The first-order valence-electron chi connectivity index (χ1n) is 11.0. The number of unbranched alkanes of at least 4 members (excludes halogenated alkanes) is 1. The van der Waals surface area contributed by atoms with Crippen LogP contribution in [0.4, 0.5) is 5.69 Å². The van der Waals surface area contributed by atoms with Crippen molar-refractivity contribution in [3.8, 4) is 0 Å². The molecule has 0 aliphatic carbocycles. The van der Waals surface area contributed by atoms with Gasteiger partial charge < -0.3 is 10.2 Å². The van der Waals surface area contributed by atoms with E-state index in [0.29, 0.717) is 27.8 Å². The molecule has 0 aliphatic rings. The number of sulfonamides is 1. The Bertz CT molecular complexity index is 1100. The van der Waals surface area contributed by atoms with Crippen LogP contribution < -0.4 is 9.62 Å². The molecule has 10 heteroatoms. The van der Waals surface area contributed by atoms with Gasteiger partial charge in [-0.05, 0) is 50.1 Å². The third-order valence-electron chi connectivity index (χ3n) is 5.36. The minimum absolute atomic E-state index is 0.0505. The Hall–Kier alpha value is -2.29. The highest BCUT2D eigenvalue weighted by molar-refractivity contribution is 7.92. The number of nitrogens with one attached hydrogen (secondary N) is 1. The largest absolute Gasteiger partial charge is 0.354 e. The number of benzene rings is 2. The number of amides is 2. The smallest absolute Gasteiger partial charge is 0.244 e. The van der Waals surface area contributed by atoms with Crippen LogP contribution in [0.1, 0.15) is 37.8 Å². The van der Waals surface area contributed by atoms with E-state index in [4.69, 9.17) is 23.2 Å². The molecule has 0 heterocycles. The Morgan fingerprint density at radius 1 is 1.09 bits per heavy atom. The Kier molecular flexibility index (Phi) is 10.2. The Labute approximate surface area is 212 Å². The van der Waals surface area contributed by atoms with E-state index < -0.39 is 28.5 Å². The van der Waals surface area contributed by atoms with Crippen LogP contribution in [0, 0.1) is 6.92 Å². The zero-order valence-electron chi connectivity index (χ0n) is 19.8. The molecule has 1 atom stereocenters. The fourth-order valence-corrected chi connectivity index (χ4v) is 4.73. The lowest BCUT2D eigenvalue weighted by molar-refractivity contribution is -0.139. The second-order valence-electron chi connectivity index (χ2n) is 8.15. The number of carbonyl (C=O) groups is 2. The minimum atomic E-state index is -3.78. The van der Waals surface area contributed by atoms with E-state index in [0.717, 1.165) is 29.0 Å². The summed E-state index contributed by atoms with van der Waals surface area (Å²) in [5.74, 6) is -0.896. The van der Waals surface area contributed by atoms with Gasteiger partial charge in [-0.25, -0.2) is 8.42 Å². The van der Waals surface area contributed by atoms with Gasteiger partial charge >= 0.3 is 0 Å². The molecule has 0 aromatic heterocycles. The van der Waals surface area contributed by atoms with E-state index >= 15 is 0 Å². The number of anilines is 1. The molecule has 0 radical (unpaired) electrons. The molecule has 2 rings (SSSR count). The van der Waals surface area contributed by atoms with Gasteiger partial charge in [-0.15, -0.1) is 0 Å². The van der Waals surface area contributed by atoms with Crippen molar-refractivity contribution in [2.45, 2.75) is 46.2 Å². The van der Waals surface area contributed by atoms with Gasteiger partial charge in [-0.3, -0.25) is 13.9 Å². The van der Waals surface area contributed by atoms with Gasteiger partial charge in [0.15, 0.2) is 0 Å².